The molecular weight excluding hydrogens is 254 g/mol. The summed E-state index contributed by atoms with van der Waals surface area (Å²) in [7, 11) is 1.69. The van der Waals surface area contributed by atoms with Crippen molar-refractivity contribution in [2.24, 2.45) is 11.7 Å². The number of nitrogens with two attached hydrogens (primary N) is 1. The Labute approximate surface area is 99.9 Å². The van der Waals surface area contributed by atoms with Crippen molar-refractivity contribution >= 4 is 15.9 Å². The molecule has 0 saturated carbocycles. The molecule has 0 fully saturated rings. The molecule has 1 aromatic carbocycles. The lowest BCUT2D eigenvalue weighted by Gasteiger charge is -2.21. The van der Waals surface area contributed by atoms with E-state index >= 15 is 0 Å². The molecule has 0 aromatic heterocycles. The number of benzene rings is 1. The molecule has 0 saturated heterocycles. The predicted molar refractivity (Wildman–Crippen MR) is 67.3 cm³/mol. The number of hydrogen-bond donors (Lipinski definition) is 1. The molecule has 0 aliphatic carbocycles. The molecule has 0 aliphatic rings. The highest BCUT2D eigenvalue weighted by Crippen LogP contribution is 2.33. The van der Waals surface area contributed by atoms with Gasteiger partial charge in [0.25, 0.3) is 0 Å². The van der Waals surface area contributed by atoms with Crippen molar-refractivity contribution in [1.82, 2.24) is 0 Å². The second-order valence-corrected chi connectivity index (χ2v) is 4.89. The van der Waals surface area contributed by atoms with Crippen molar-refractivity contribution < 1.29 is 4.74 Å². The van der Waals surface area contributed by atoms with Gasteiger partial charge in [-0.15, -0.1) is 0 Å². The molecule has 0 amide bonds. The molecule has 15 heavy (non-hydrogen) atoms. The summed E-state index contributed by atoms with van der Waals surface area (Å²) in [6.45, 7) is 5.01. The number of rotatable bonds is 4. The highest BCUT2D eigenvalue weighted by molar-refractivity contribution is 9.10. The van der Waals surface area contributed by atoms with Gasteiger partial charge < -0.3 is 10.5 Å². The molecule has 0 heterocycles. The zero-order valence-electron chi connectivity index (χ0n) is 9.46. The Morgan fingerprint density at radius 1 is 1.40 bits per heavy atom. The van der Waals surface area contributed by atoms with E-state index in [1.165, 1.54) is 5.56 Å². The minimum Gasteiger partial charge on any atom is -0.496 e. The van der Waals surface area contributed by atoms with Crippen LogP contribution in [0.25, 0.3) is 0 Å². The Bertz CT molecular complexity index is 325. The van der Waals surface area contributed by atoms with Gasteiger partial charge in [0, 0.05) is 10.4 Å². The first kappa shape index (κ1) is 12.5. The highest BCUT2D eigenvalue weighted by atomic mass is 79.9. The Kier molecular flexibility index (Phi) is 4.61. The van der Waals surface area contributed by atoms with Gasteiger partial charge in [0.15, 0.2) is 0 Å². The van der Waals surface area contributed by atoms with Gasteiger partial charge >= 0.3 is 0 Å². The molecule has 2 N–H and O–H groups in total. The van der Waals surface area contributed by atoms with E-state index in [0.717, 1.165) is 10.2 Å². The monoisotopic (exact) mass is 271 g/mol. The zero-order valence-corrected chi connectivity index (χ0v) is 11.0. The summed E-state index contributed by atoms with van der Waals surface area (Å²) < 4.78 is 6.40. The van der Waals surface area contributed by atoms with Crippen molar-refractivity contribution in [2.45, 2.75) is 19.8 Å². The minimum absolute atomic E-state index is 0.355. The van der Waals surface area contributed by atoms with Gasteiger partial charge in [-0.1, -0.05) is 35.8 Å². The van der Waals surface area contributed by atoms with Crippen LogP contribution in [0, 0.1) is 5.92 Å². The first-order valence-corrected chi connectivity index (χ1v) is 5.93. The average Bonchev–Trinajstić information content (AvgIpc) is 2.20. The topological polar surface area (TPSA) is 35.2 Å². The highest BCUT2D eigenvalue weighted by Gasteiger charge is 2.18. The molecule has 2 nitrogen and oxygen atoms in total. The summed E-state index contributed by atoms with van der Waals surface area (Å²) in [6, 6.07) is 6.10. The number of methoxy groups -OCH3 is 1. The van der Waals surface area contributed by atoms with Gasteiger partial charge in [-0.25, -0.2) is 0 Å². The maximum absolute atomic E-state index is 5.80. The van der Waals surface area contributed by atoms with Gasteiger partial charge in [-0.05, 0) is 30.2 Å². The van der Waals surface area contributed by atoms with Gasteiger partial charge in [0.1, 0.15) is 5.75 Å². The minimum atomic E-state index is 0.355. The second-order valence-electron chi connectivity index (χ2n) is 3.97. The van der Waals surface area contributed by atoms with E-state index in [1.807, 2.05) is 12.1 Å². The van der Waals surface area contributed by atoms with Crippen LogP contribution in [0.4, 0.5) is 0 Å². The molecule has 1 rings (SSSR count). The van der Waals surface area contributed by atoms with E-state index in [0.29, 0.717) is 18.4 Å². The molecule has 1 atom stereocenters. The Morgan fingerprint density at radius 3 is 2.53 bits per heavy atom. The number of hydrogen-bond acceptors (Lipinski definition) is 2. The van der Waals surface area contributed by atoms with E-state index in [2.05, 4.69) is 35.8 Å². The molecule has 1 unspecified atom stereocenters. The van der Waals surface area contributed by atoms with Crippen LogP contribution in [0.1, 0.15) is 25.3 Å². The Morgan fingerprint density at radius 2 is 2.07 bits per heavy atom. The third-order valence-electron chi connectivity index (χ3n) is 2.65. The van der Waals surface area contributed by atoms with Gasteiger partial charge in [-0.2, -0.15) is 0 Å². The zero-order chi connectivity index (χ0) is 11.4. The van der Waals surface area contributed by atoms with E-state index in [1.54, 1.807) is 7.11 Å². The molecule has 84 valence electrons. The third-order valence-corrected chi connectivity index (χ3v) is 3.15. The predicted octanol–water partition coefficient (Wildman–Crippen LogP) is 3.16. The molecule has 0 radical (unpaired) electrons. The largest absolute Gasteiger partial charge is 0.496 e. The van der Waals surface area contributed by atoms with Crippen LogP contribution in [0.2, 0.25) is 0 Å². The van der Waals surface area contributed by atoms with E-state index in [4.69, 9.17) is 10.5 Å². The summed E-state index contributed by atoms with van der Waals surface area (Å²) in [5.41, 5.74) is 6.99. The van der Waals surface area contributed by atoms with Crippen molar-refractivity contribution in [2.75, 3.05) is 13.7 Å². The van der Waals surface area contributed by atoms with Crippen LogP contribution in [-0.2, 0) is 0 Å². The van der Waals surface area contributed by atoms with Gasteiger partial charge in [0.05, 0.1) is 7.11 Å². The SMILES string of the molecule is COc1cc(Br)ccc1C(CN)C(C)C. The lowest BCUT2D eigenvalue weighted by Crippen LogP contribution is -2.18. The molecule has 1 aromatic rings. The van der Waals surface area contributed by atoms with E-state index < -0.39 is 0 Å². The van der Waals surface area contributed by atoms with Crippen molar-refractivity contribution in [3.8, 4) is 5.75 Å². The van der Waals surface area contributed by atoms with Crippen molar-refractivity contribution in [1.29, 1.82) is 0 Å². The maximum atomic E-state index is 5.80. The van der Waals surface area contributed by atoms with Crippen molar-refractivity contribution in [3.05, 3.63) is 28.2 Å². The fraction of sp³-hybridized carbons (Fsp3) is 0.500. The Hall–Kier alpha value is -0.540. The summed E-state index contributed by atoms with van der Waals surface area (Å²) >= 11 is 3.43. The molecule has 0 bridgehead atoms. The molecule has 3 heteroatoms. The standard InChI is InChI=1S/C12H18BrNO/c1-8(2)11(7-14)10-5-4-9(13)6-12(10)15-3/h4-6,8,11H,7,14H2,1-3H3. The average molecular weight is 272 g/mol. The fourth-order valence-electron chi connectivity index (χ4n) is 1.75. The van der Waals surface area contributed by atoms with Gasteiger partial charge in [-0.3, -0.25) is 0 Å². The second kappa shape index (κ2) is 5.52. The van der Waals surface area contributed by atoms with E-state index in [9.17, 15) is 0 Å². The normalized spacial score (nSPS) is 12.9. The third kappa shape index (κ3) is 2.95. The quantitative estimate of drug-likeness (QED) is 0.913. The number of ether oxygens (including phenoxy) is 1. The van der Waals surface area contributed by atoms with Crippen molar-refractivity contribution in [3.63, 3.8) is 0 Å². The van der Waals surface area contributed by atoms with Crippen LogP contribution in [-0.4, -0.2) is 13.7 Å². The lowest BCUT2D eigenvalue weighted by molar-refractivity contribution is 0.395. The Balaban J connectivity index is 3.11. The maximum Gasteiger partial charge on any atom is 0.123 e. The molecule has 0 aliphatic heterocycles. The lowest BCUT2D eigenvalue weighted by atomic mass is 9.88. The van der Waals surface area contributed by atoms with Crippen LogP contribution in [0.3, 0.4) is 0 Å². The summed E-state index contributed by atoms with van der Waals surface area (Å²) in [5.74, 6) is 1.78. The van der Waals surface area contributed by atoms with Crippen LogP contribution in [0.5, 0.6) is 5.75 Å². The number of halogens is 1. The first-order valence-electron chi connectivity index (χ1n) is 5.13. The molecule has 0 spiro atoms. The van der Waals surface area contributed by atoms with Crippen LogP contribution >= 0.6 is 15.9 Å². The van der Waals surface area contributed by atoms with Crippen LogP contribution < -0.4 is 10.5 Å². The van der Waals surface area contributed by atoms with Crippen LogP contribution in [0.15, 0.2) is 22.7 Å². The summed E-state index contributed by atoms with van der Waals surface area (Å²) in [5, 5.41) is 0. The fourth-order valence-corrected chi connectivity index (χ4v) is 2.09. The first-order chi connectivity index (χ1) is 7.10. The summed E-state index contributed by atoms with van der Waals surface area (Å²) in [4.78, 5) is 0. The summed E-state index contributed by atoms with van der Waals surface area (Å²) in [6.07, 6.45) is 0. The van der Waals surface area contributed by atoms with Gasteiger partial charge in [0.2, 0.25) is 0 Å². The smallest absolute Gasteiger partial charge is 0.123 e. The van der Waals surface area contributed by atoms with E-state index in [-0.39, 0.29) is 0 Å². The molecular formula is C12H18BrNO.